The topological polar surface area (TPSA) is 69.7 Å². The second-order valence-corrected chi connectivity index (χ2v) is 7.69. The summed E-state index contributed by atoms with van der Waals surface area (Å²) < 4.78 is 89.0. The summed E-state index contributed by atoms with van der Waals surface area (Å²) in [5.74, 6) is -0.581. The molecule has 12 heteroatoms. The SMILES string of the molecule is O=C(CNS(=O)(=O)c1cccc(C(F)(F)F)c1)N1CCN(CC(F)F)CC1. The number of nitrogens with one attached hydrogen (secondary N) is 1. The van der Waals surface area contributed by atoms with Crippen LogP contribution in [0.15, 0.2) is 29.2 Å². The van der Waals surface area contributed by atoms with Crippen molar-refractivity contribution in [3.63, 3.8) is 0 Å². The first-order valence-corrected chi connectivity index (χ1v) is 9.42. The lowest BCUT2D eigenvalue weighted by Crippen LogP contribution is -2.51. The molecule has 27 heavy (non-hydrogen) atoms. The van der Waals surface area contributed by atoms with E-state index in [-0.39, 0.29) is 26.2 Å². The molecule has 1 saturated heterocycles. The van der Waals surface area contributed by atoms with E-state index < -0.39 is 52.1 Å². The number of carbonyl (C=O) groups is 1. The molecule has 0 aromatic heterocycles. The Morgan fingerprint density at radius 1 is 1.15 bits per heavy atom. The van der Waals surface area contributed by atoms with Crippen LogP contribution in [-0.2, 0) is 21.0 Å². The van der Waals surface area contributed by atoms with Gasteiger partial charge in [-0.15, -0.1) is 0 Å². The van der Waals surface area contributed by atoms with Crippen LogP contribution in [0.25, 0.3) is 0 Å². The van der Waals surface area contributed by atoms with Gasteiger partial charge in [0.1, 0.15) is 0 Å². The number of hydrogen-bond acceptors (Lipinski definition) is 4. The molecule has 6 nitrogen and oxygen atoms in total. The van der Waals surface area contributed by atoms with Gasteiger partial charge in [-0.2, -0.15) is 13.2 Å². The van der Waals surface area contributed by atoms with Gasteiger partial charge in [0.15, 0.2) is 0 Å². The first-order valence-electron chi connectivity index (χ1n) is 7.94. The second kappa shape index (κ2) is 8.48. The molecule has 1 aromatic rings. The molecule has 1 amide bonds. The highest BCUT2D eigenvalue weighted by Gasteiger charge is 2.32. The quantitative estimate of drug-likeness (QED) is 0.713. The third-order valence-electron chi connectivity index (χ3n) is 4.01. The first-order chi connectivity index (χ1) is 12.5. The molecule has 1 fully saturated rings. The molecule has 1 heterocycles. The van der Waals surface area contributed by atoms with Crippen molar-refractivity contribution in [1.29, 1.82) is 0 Å². The number of halogens is 5. The van der Waals surface area contributed by atoms with Gasteiger partial charge >= 0.3 is 6.18 Å². The maximum Gasteiger partial charge on any atom is 0.416 e. The number of benzene rings is 1. The van der Waals surface area contributed by atoms with Crippen LogP contribution in [0.1, 0.15) is 5.56 Å². The molecule has 0 atom stereocenters. The minimum Gasteiger partial charge on any atom is -0.339 e. The molecule has 0 bridgehead atoms. The van der Waals surface area contributed by atoms with Gasteiger partial charge in [0.25, 0.3) is 6.43 Å². The summed E-state index contributed by atoms with van der Waals surface area (Å²) in [6, 6.07) is 3.17. The highest BCUT2D eigenvalue weighted by atomic mass is 32.2. The van der Waals surface area contributed by atoms with Crippen molar-refractivity contribution in [2.24, 2.45) is 0 Å². The van der Waals surface area contributed by atoms with E-state index in [9.17, 15) is 35.2 Å². The fraction of sp³-hybridized carbons (Fsp3) is 0.533. The van der Waals surface area contributed by atoms with Crippen molar-refractivity contribution < 1.29 is 35.2 Å². The Balaban J connectivity index is 1.93. The average Bonchev–Trinajstić information content (AvgIpc) is 2.59. The number of carbonyl (C=O) groups excluding carboxylic acids is 1. The van der Waals surface area contributed by atoms with Gasteiger partial charge in [0.05, 0.1) is 23.5 Å². The minimum atomic E-state index is -4.70. The molecule has 0 aliphatic carbocycles. The lowest BCUT2D eigenvalue weighted by atomic mass is 10.2. The van der Waals surface area contributed by atoms with E-state index in [0.717, 1.165) is 18.2 Å². The smallest absolute Gasteiger partial charge is 0.339 e. The van der Waals surface area contributed by atoms with Gasteiger partial charge < -0.3 is 4.90 Å². The summed E-state index contributed by atoms with van der Waals surface area (Å²) >= 11 is 0. The maximum absolute atomic E-state index is 12.7. The highest BCUT2D eigenvalue weighted by Crippen LogP contribution is 2.30. The number of sulfonamides is 1. The van der Waals surface area contributed by atoms with E-state index >= 15 is 0 Å². The summed E-state index contributed by atoms with van der Waals surface area (Å²) in [6.07, 6.45) is -7.18. The van der Waals surface area contributed by atoms with Gasteiger partial charge in [-0.3, -0.25) is 9.69 Å². The largest absolute Gasteiger partial charge is 0.416 e. The Hall–Kier alpha value is -1.79. The maximum atomic E-state index is 12.7. The second-order valence-electron chi connectivity index (χ2n) is 5.92. The van der Waals surface area contributed by atoms with Crippen LogP contribution in [0.4, 0.5) is 22.0 Å². The molecular formula is C15H18F5N3O3S. The zero-order valence-corrected chi connectivity index (χ0v) is 14.9. The van der Waals surface area contributed by atoms with Crippen molar-refractivity contribution >= 4 is 15.9 Å². The van der Waals surface area contributed by atoms with E-state index in [1.54, 1.807) is 0 Å². The normalized spacial score (nSPS) is 16.7. The molecule has 1 aromatic carbocycles. The fourth-order valence-corrected chi connectivity index (χ4v) is 3.59. The van der Waals surface area contributed by atoms with Crippen molar-refractivity contribution in [2.45, 2.75) is 17.5 Å². The minimum absolute atomic E-state index is 0.164. The molecule has 1 aliphatic rings. The van der Waals surface area contributed by atoms with Gasteiger partial charge in [0, 0.05) is 26.2 Å². The molecule has 1 N–H and O–H groups in total. The van der Waals surface area contributed by atoms with Crippen molar-refractivity contribution in [1.82, 2.24) is 14.5 Å². The van der Waals surface area contributed by atoms with Crippen LogP contribution in [-0.4, -0.2) is 69.8 Å². The Morgan fingerprint density at radius 2 is 1.78 bits per heavy atom. The molecule has 2 rings (SSSR count). The van der Waals surface area contributed by atoms with E-state index in [0.29, 0.717) is 6.07 Å². The summed E-state index contributed by atoms with van der Waals surface area (Å²) in [7, 11) is -4.31. The summed E-state index contributed by atoms with van der Waals surface area (Å²) in [5.41, 5.74) is -1.12. The number of amides is 1. The zero-order chi connectivity index (χ0) is 20.2. The van der Waals surface area contributed by atoms with Crippen molar-refractivity contribution in [3.05, 3.63) is 29.8 Å². The number of nitrogens with zero attached hydrogens (tertiary/aromatic N) is 2. The summed E-state index contributed by atoms with van der Waals surface area (Å²) in [6.45, 7) is -0.238. The van der Waals surface area contributed by atoms with Crippen molar-refractivity contribution in [2.75, 3.05) is 39.3 Å². The van der Waals surface area contributed by atoms with E-state index in [2.05, 4.69) is 0 Å². The molecule has 0 saturated carbocycles. The van der Waals surface area contributed by atoms with Gasteiger partial charge in [-0.1, -0.05) is 6.07 Å². The predicted octanol–water partition coefficient (Wildman–Crippen LogP) is 1.39. The number of hydrogen-bond donors (Lipinski definition) is 1. The van der Waals surface area contributed by atoms with Gasteiger partial charge in [-0.25, -0.2) is 21.9 Å². The molecule has 0 spiro atoms. The third kappa shape index (κ3) is 6.11. The Kier molecular flexibility index (Phi) is 6.76. The highest BCUT2D eigenvalue weighted by molar-refractivity contribution is 7.89. The zero-order valence-electron chi connectivity index (χ0n) is 14.0. The molecule has 0 unspecified atom stereocenters. The molecular weight excluding hydrogens is 397 g/mol. The molecule has 1 aliphatic heterocycles. The van der Waals surface area contributed by atoms with Gasteiger partial charge in [-0.05, 0) is 18.2 Å². The monoisotopic (exact) mass is 415 g/mol. The Labute approximate surface area is 153 Å². The Morgan fingerprint density at radius 3 is 2.33 bits per heavy atom. The lowest BCUT2D eigenvalue weighted by molar-refractivity contribution is -0.137. The van der Waals surface area contributed by atoms with E-state index in [1.165, 1.54) is 9.80 Å². The van der Waals surface area contributed by atoms with Crippen LogP contribution < -0.4 is 4.72 Å². The summed E-state index contributed by atoms with van der Waals surface area (Å²) in [4.78, 5) is 14.3. The van der Waals surface area contributed by atoms with E-state index in [1.807, 2.05) is 4.72 Å². The first kappa shape index (κ1) is 21.5. The number of piperazine rings is 1. The fourth-order valence-electron chi connectivity index (χ4n) is 2.57. The van der Waals surface area contributed by atoms with E-state index in [4.69, 9.17) is 0 Å². The average molecular weight is 415 g/mol. The van der Waals surface area contributed by atoms with Crippen molar-refractivity contribution in [3.8, 4) is 0 Å². The van der Waals surface area contributed by atoms with Crippen LogP contribution in [0.3, 0.4) is 0 Å². The molecule has 0 radical (unpaired) electrons. The van der Waals surface area contributed by atoms with Crippen LogP contribution in [0, 0.1) is 0 Å². The van der Waals surface area contributed by atoms with Gasteiger partial charge in [0.2, 0.25) is 15.9 Å². The van der Waals surface area contributed by atoms with Crippen LogP contribution in [0.2, 0.25) is 0 Å². The van der Waals surface area contributed by atoms with Crippen LogP contribution in [0.5, 0.6) is 0 Å². The standard InChI is InChI=1S/C15H18F5N3O3S/c16-13(17)10-22-4-6-23(7-5-22)14(24)9-21-27(25,26)12-3-1-2-11(8-12)15(18,19)20/h1-3,8,13,21H,4-7,9-10H2. The molecule has 152 valence electrons. The Bertz CT molecular complexity index is 762. The third-order valence-corrected chi connectivity index (χ3v) is 5.41. The number of alkyl halides is 5. The summed E-state index contributed by atoms with van der Waals surface area (Å²) in [5, 5.41) is 0. The predicted molar refractivity (Wildman–Crippen MR) is 85.7 cm³/mol. The lowest BCUT2D eigenvalue weighted by Gasteiger charge is -2.34. The number of rotatable bonds is 6. The van der Waals surface area contributed by atoms with Crippen LogP contribution >= 0.6 is 0 Å².